The van der Waals surface area contributed by atoms with Crippen LogP contribution in [0, 0.1) is 10.8 Å². The summed E-state index contributed by atoms with van der Waals surface area (Å²) in [5, 5.41) is 0. The molecule has 2 nitrogen and oxygen atoms in total. The van der Waals surface area contributed by atoms with Crippen molar-refractivity contribution in [1.82, 2.24) is 0 Å². The van der Waals surface area contributed by atoms with Crippen molar-refractivity contribution in [2.24, 2.45) is 10.8 Å². The normalized spacial score (nSPS) is 22.2. The molecule has 1 heterocycles. The smallest absolute Gasteiger partial charge is 0.257 e. The van der Waals surface area contributed by atoms with Crippen LogP contribution in [0.2, 0.25) is 12.1 Å². The molecule has 0 atom stereocenters. The van der Waals surface area contributed by atoms with Gasteiger partial charge in [-0.25, -0.2) is 0 Å². The molecule has 1 rings (SSSR count). The van der Waals surface area contributed by atoms with E-state index in [2.05, 4.69) is 48.1 Å². The third kappa shape index (κ3) is 2.33. The molecule has 0 N–H and O–H groups in total. The van der Waals surface area contributed by atoms with Crippen LogP contribution >= 0.6 is 0 Å². The maximum atomic E-state index is 5.25. The summed E-state index contributed by atoms with van der Waals surface area (Å²) < 4.78 is 10.5. The molecule has 1 aliphatic rings. The standard InChI is InChI=1S/C10H22O2Si/c1-9(2,3)8(10(4,5)6)13(7)11-12-13/h8H,1-7H3. The third-order valence-corrected chi connectivity index (χ3v) is 6.08. The molecular formula is C10H22O2Si. The molecule has 0 aromatic rings. The van der Waals surface area contributed by atoms with E-state index >= 15 is 0 Å². The zero-order chi connectivity index (χ0) is 10.5. The molecule has 1 aliphatic heterocycles. The second kappa shape index (κ2) is 2.81. The maximum Gasteiger partial charge on any atom is 0.407 e. The predicted molar refractivity (Wildman–Crippen MR) is 56.4 cm³/mol. The minimum atomic E-state index is -1.81. The van der Waals surface area contributed by atoms with Crippen LogP contribution in [0.3, 0.4) is 0 Å². The van der Waals surface area contributed by atoms with Gasteiger partial charge < -0.3 is 0 Å². The van der Waals surface area contributed by atoms with Crippen molar-refractivity contribution in [3.05, 3.63) is 0 Å². The van der Waals surface area contributed by atoms with Gasteiger partial charge >= 0.3 is 8.56 Å². The summed E-state index contributed by atoms with van der Waals surface area (Å²) in [7, 11) is -1.81. The average molecular weight is 202 g/mol. The molecule has 3 heteroatoms. The van der Waals surface area contributed by atoms with E-state index in [9.17, 15) is 0 Å². The van der Waals surface area contributed by atoms with Gasteiger partial charge in [-0.15, -0.1) is 0 Å². The van der Waals surface area contributed by atoms with Gasteiger partial charge in [0.15, 0.2) is 0 Å². The summed E-state index contributed by atoms with van der Waals surface area (Å²) in [5.41, 5.74) is 1.05. The minimum absolute atomic E-state index is 0.260. The van der Waals surface area contributed by atoms with E-state index in [1.807, 2.05) is 0 Å². The van der Waals surface area contributed by atoms with Gasteiger partial charge in [-0.2, -0.15) is 0 Å². The van der Waals surface area contributed by atoms with E-state index in [1.165, 1.54) is 0 Å². The van der Waals surface area contributed by atoms with Gasteiger partial charge in [0.25, 0.3) is 0 Å². The van der Waals surface area contributed by atoms with Gasteiger partial charge in [-0.3, -0.25) is 9.15 Å². The Hall–Kier alpha value is 0.137. The highest BCUT2D eigenvalue weighted by Gasteiger charge is 2.63. The summed E-state index contributed by atoms with van der Waals surface area (Å²) in [5.74, 6) is 0. The lowest BCUT2D eigenvalue weighted by Crippen LogP contribution is -2.40. The molecule has 0 aromatic heterocycles. The zero-order valence-electron chi connectivity index (χ0n) is 9.89. The van der Waals surface area contributed by atoms with Gasteiger partial charge in [0, 0.05) is 5.54 Å². The van der Waals surface area contributed by atoms with E-state index in [0.717, 1.165) is 0 Å². The SMILES string of the molecule is CC(C)(C)C(C(C)(C)C)[Si]1(C)OO1. The largest absolute Gasteiger partial charge is 0.407 e. The fourth-order valence-corrected chi connectivity index (χ4v) is 6.90. The summed E-state index contributed by atoms with van der Waals surface area (Å²) in [6, 6.07) is 0. The predicted octanol–water partition coefficient (Wildman–Crippen LogP) is 3.48. The van der Waals surface area contributed by atoms with Crippen molar-refractivity contribution in [3.63, 3.8) is 0 Å². The summed E-state index contributed by atoms with van der Waals surface area (Å²) >= 11 is 0. The number of hydrogen-bond acceptors (Lipinski definition) is 2. The molecule has 0 aromatic carbocycles. The van der Waals surface area contributed by atoms with Crippen LogP contribution in [-0.2, 0) is 9.15 Å². The summed E-state index contributed by atoms with van der Waals surface area (Å²) in [6.45, 7) is 15.8. The Kier molecular flexibility index (Phi) is 2.43. The lowest BCUT2D eigenvalue weighted by atomic mass is 9.77. The van der Waals surface area contributed by atoms with Crippen molar-refractivity contribution in [2.75, 3.05) is 0 Å². The van der Waals surface area contributed by atoms with E-state index in [1.54, 1.807) is 0 Å². The first kappa shape index (κ1) is 11.2. The van der Waals surface area contributed by atoms with Crippen LogP contribution < -0.4 is 0 Å². The lowest BCUT2D eigenvalue weighted by molar-refractivity contribution is 0.0850. The van der Waals surface area contributed by atoms with Crippen LogP contribution in [0.5, 0.6) is 0 Å². The molecule has 0 radical (unpaired) electrons. The van der Waals surface area contributed by atoms with Crippen molar-refractivity contribution in [1.29, 1.82) is 0 Å². The van der Waals surface area contributed by atoms with Gasteiger partial charge in [0.1, 0.15) is 0 Å². The zero-order valence-corrected chi connectivity index (χ0v) is 10.9. The van der Waals surface area contributed by atoms with E-state index in [0.29, 0.717) is 5.54 Å². The summed E-state index contributed by atoms with van der Waals surface area (Å²) in [6.07, 6.45) is 0. The Morgan fingerprint density at radius 3 is 1.23 bits per heavy atom. The second-order valence-corrected chi connectivity index (χ2v) is 9.29. The minimum Gasteiger partial charge on any atom is -0.257 e. The molecule has 0 spiro atoms. The van der Waals surface area contributed by atoms with E-state index < -0.39 is 8.56 Å². The molecule has 1 fully saturated rings. The first-order valence-corrected chi connectivity index (χ1v) is 7.33. The maximum absolute atomic E-state index is 5.25. The van der Waals surface area contributed by atoms with Gasteiger partial charge in [-0.1, -0.05) is 41.5 Å². The molecule has 0 bridgehead atoms. The fraction of sp³-hybridized carbons (Fsp3) is 1.00. The molecular weight excluding hydrogens is 180 g/mol. The van der Waals surface area contributed by atoms with Crippen molar-refractivity contribution >= 4 is 8.56 Å². The Morgan fingerprint density at radius 1 is 0.846 bits per heavy atom. The van der Waals surface area contributed by atoms with Crippen molar-refractivity contribution in [2.45, 2.75) is 53.6 Å². The van der Waals surface area contributed by atoms with E-state index in [4.69, 9.17) is 9.15 Å². The molecule has 0 amide bonds. The second-order valence-electron chi connectivity index (χ2n) is 6.35. The Labute approximate surface area is 82.8 Å². The lowest BCUT2D eigenvalue weighted by Gasteiger charge is -2.40. The van der Waals surface area contributed by atoms with Crippen molar-refractivity contribution in [3.8, 4) is 0 Å². The van der Waals surface area contributed by atoms with Crippen LogP contribution in [0.15, 0.2) is 0 Å². The van der Waals surface area contributed by atoms with Crippen LogP contribution in [0.4, 0.5) is 0 Å². The molecule has 1 saturated heterocycles. The quantitative estimate of drug-likeness (QED) is 0.369. The monoisotopic (exact) mass is 202 g/mol. The fourth-order valence-electron chi connectivity index (χ4n) is 3.03. The molecule has 0 unspecified atom stereocenters. The van der Waals surface area contributed by atoms with Gasteiger partial charge in [0.05, 0.1) is 0 Å². The Morgan fingerprint density at radius 2 is 1.15 bits per heavy atom. The molecule has 0 aliphatic carbocycles. The Balaban J connectivity index is 2.91. The number of hydrogen-bond donors (Lipinski definition) is 0. The summed E-state index contributed by atoms with van der Waals surface area (Å²) in [4.78, 5) is 0. The first-order chi connectivity index (χ1) is 5.57. The highest BCUT2D eigenvalue weighted by molar-refractivity contribution is 6.72. The van der Waals surface area contributed by atoms with E-state index in [-0.39, 0.29) is 10.8 Å². The average Bonchev–Trinajstić information content (AvgIpc) is 2.37. The van der Waals surface area contributed by atoms with Crippen LogP contribution in [-0.4, -0.2) is 8.56 Å². The molecule has 13 heavy (non-hydrogen) atoms. The highest BCUT2D eigenvalue weighted by atomic mass is 28.4. The van der Waals surface area contributed by atoms with Crippen molar-refractivity contribution < 1.29 is 9.15 Å². The third-order valence-electron chi connectivity index (χ3n) is 2.60. The van der Waals surface area contributed by atoms with Gasteiger partial charge in [-0.05, 0) is 17.4 Å². The van der Waals surface area contributed by atoms with Crippen LogP contribution in [0.1, 0.15) is 41.5 Å². The first-order valence-electron chi connectivity index (χ1n) is 4.94. The topological polar surface area (TPSA) is 25.1 Å². The van der Waals surface area contributed by atoms with Crippen LogP contribution in [0.25, 0.3) is 0 Å². The van der Waals surface area contributed by atoms with Gasteiger partial charge in [0.2, 0.25) is 0 Å². The molecule has 0 saturated carbocycles. The number of rotatable bonds is 1. The Bertz CT molecular complexity index is 175. The molecule has 78 valence electrons. The highest BCUT2D eigenvalue weighted by Crippen LogP contribution is 2.55.